The summed E-state index contributed by atoms with van der Waals surface area (Å²) in [6, 6.07) is 0. The molecule has 1 aromatic rings. The van der Waals surface area contributed by atoms with E-state index in [-0.39, 0.29) is 12.5 Å². The van der Waals surface area contributed by atoms with Gasteiger partial charge in [-0.2, -0.15) is 5.10 Å². The normalized spacial score (nSPS) is 10.6. The van der Waals surface area contributed by atoms with Gasteiger partial charge < -0.3 is 10.6 Å². The van der Waals surface area contributed by atoms with Crippen molar-refractivity contribution in [3.63, 3.8) is 0 Å². The maximum absolute atomic E-state index is 11.9. The minimum Gasteiger partial charge on any atom is -0.396 e. The van der Waals surface area contributed by atoms with Gasteiger partial charge in [-0.3, -0.25) is 9.48 Å². The Morgan fingerprint density at radius 2 is 2.12 bits per heavy atom. The lowest BCUT2D eigenvalue weighted by atomic mass is 10.3. The second-order valence-electron chi connectivity index (χ2n) is 4.41. The number of likely N-dealkylation sites (N-methyl/N-ethyl adjacent to an activating group) is 1. The average Bonchev–Trinajstić information content (AvgIpc) is 2.54. The van der Waals surface area contributed by atoms with E-state index < -0.39 is 0 Å². The Labute approximate surface area is 103 Å². The van der Waals surface area contributed by atoms with Gasteiger partial charge in [0.1, 0.15) is 6.54 Å². The second kappa shape index (κ2) is 5.70. The van der Waals surface area contributed by atoms with Gasteiger partial charge in [-0.1, -0.05) is 13.3 Å². The maximum Gasteiger partial charge on any atom is 0.244 e. The largest absolute Gasteiger partial charge is 0.396 e. The molecule has 0 radical (unpaired) electrons. The molecule has 0 aromatic carbocycles. The van der Waals surface area contributed by atoms with Gasteiger partial charge in [0, 0.05) is 13.6 Å². The van der Waals surface area contributed by atoms with Crippen molar-refractivity contribution < 1.29 is 4.79 Å². The number of hydrogen-bond acceptors (Lipinski definition) is 3. The lowest BCUT2D eigenvalue weighted by molar-refractivity contribution is -0.130. The quantitative estimate of drug-likeness (QED) is 0.842. The number of anilines is 1. The first-order valence-electron chi connectivity index (χ1n) is 6.00. The summed E-state index contributed by atoms with van der Waals surface area (Å²) >= 11 is 0. The Balaban J connectivity index is 2.64. The van der Waals surface area contributed by atoms with Gasteiger partial charge in [0.2, 0.25) is 5.91 Å². The van der Waals surface area contributed by atoms with E-state index in [1.807, 2.05) is 20.9 Å². The minimum atomic E-state index is 0.0732. The summed E-state index contributed by atoms with van der Waals surface area (Å²) in [6.45, 7) is 6.91. The van der Waals surface area contributed by atoms with Crippen molar-refractivity contribution in [2.24, 2.45) is 0 Å². The molecule has 2 N–H and O–H groups in total. The van der Waals surface area contributed by atoms with Gasteiger partial charge in [0.15, 0.2) is 0 Å². The van der Waals surface area contributed by atoms with Gasteiger partial charge >= 0.3 is 0 Å². The first-order valence-corrected chi connectivity index (χ1v) is 6.00. The lowest BCUT2D eigenvalue weighted by Gasteiger charge is -2.17. The molecule has 0 unspecified atom stereocenters. The smallest absolute Gasteiger partial charge is 0.244 e. The molecule has 0 aliphatic heterocycles. The summed E-state index contributed by atoms with van der Waals surface area (Å²) in [6.07, 6.45) is 2.12. The van der Waals surface area contributed by atoms with Crippen LogP contribution in [0.3, 0.4) is 0 Å². The van der Waals surface area contributed by atoms with Crippen LogP contribution in [0.25, 0.3) is 0 Å². The zero-order valence-corrected chi connectivity index (χ0v) is 11.2. The Morgan fingerprint density at radius 3 is 2.59 bits per heavy atom. The maximum atomic E-state index is 11.9. The number of hydrogen-bond donors (Lipinski definition) is 1. The van der Waals surface area contributed by atoms with E-state index in [1.165, 1.54) is 0 Å². The Hall–Kier alpha value is -1.52. The molecule has 0 aliphatic rings. The lowest BCUT2D eigenvalue weighted by Crippen LogP contribution is -2.31. The van der Waals surface area contributed by atoms with E-state index >= 15 is 0 Å². The zero-order valence-electron chi connectivity index (χ0n) is 11.2. The van der Waals surface area contributed by atoms with E-state index in [0.29, 0.717) is 5.69 Å². The SMILES string of the molecule is CCCCN(C)C(=O)Cn1nc(C)c(N)c1C. The Morgan fingerprint density at radius 1 is 1.47 bits per heavy atom. The summed E-state index contributed by atoms with van der Waals surface area (Å²) in [5.41, 5.74) is 8.15. The van der Waals surface area contributed by atoms with Gasteiger partial charge in [-0.05, 0) is 20.3 Å². The van der Waals surface area contributed by atoms with Crippen molar-refractivity contribution in [3.05, 3.63) is 11.4 Å². The monoisotopic (exact) mass is 238 g/mol. The number of amides is 1. The van der Waals surface area contributed by atoms with Gasteiger partial charge in [-0.15, -0.1) is 0 Å². The van der Waals surface area contributed by atoms with E-state index in [9.17, 15) is 4.79 Å². The molecule has 1 aromatic heterocycles. The summed E-state index contributed by atoms with van der Waals surface area (Å²) in [5.74, 6) is 0.0732. The number of aryl methyl sites for hydroxylation is 1. The number of carbonyl (C=O) groups excluding carboxylic acids is 1. The number of nitrogen functional groups attached to an aromatic ring is 1. The van der Waals surface area contributed by atoms with Crippen LogP contribution in [0.4, 0.5) is 5.69 Å². The van der Waals surface area contributed by atoms with Crippen LogP contribution >= 0.6 is 0 Å². The summed E-state index contributed by atoms with van der Waals surface area (Å²) in [7, 11) is 1.83. The van der Waals surface area contributed by atoms with Gasteiger partial charge in [0.05, 0.1) is 17.1 Å². The zero-order chi connectivity index (χ0) is 13.0. The third kappa shape index (κ3) is 3.22. The van der Waals surface area contributed by atoms with Gasteiger partial charge in [0.25, 0.3) is 0 Å². The highest BCUT2D eigenvalue weighted by Crippen LogP contribution is 2.14. The third-order valence-corrected chi connectivity index (χ3v) is 3.00. The van der Waals surface area contributed by atoms with Crippen LogP contribution in [0.2, 0.25) is 0 Å². The minimum absolute atomic E-state index is 0.0732. The van der Waals surface area contributed by atoms with E-state index in [1.54, 1.807) is 9.58 Å². The first-order chi connectivity index (χ1) is 7.97. The van der Waals surface area contributed by atoms with Crippen LogP contribution in [0.1, 0.15) is 31.2 Å². The van der Waals surface area contributed by atoms with Gasteiger partial charge in [-0.25, -0.2) is 0 Å². The molecule has 0 aliphatic carbocycles. The molecule has 0 bridgehead atoms. The molecule has 0 saturated carbocycles. The Bertz CT molecular complexity index is 397. The summed E-state index contributed by atoms with van der Waals surface area (Å²) in [5, 5.41) is 4.26. The topological polar surface area (TPSA) is 64.2 Å². The molecule has 5 nitrogen and oxygen atoms in total. The number of rotatable bonds is 5. The average molecular weight is 238 g/mol. The molecule has 0 atom stereocenters. The fourth-order valence-corrected chi connectivity index (χ4v) is 1.63. The number of nitrogens with two attached hydrogens (primary N) is 1. The summed E-state index contributed by atoms with van der Waals surface area (Å²) in [4.78, 5) is 13.7. The number of unbranched alkanes of at least 4 members (excludes halogenated alkanes) is 1. The highest BCUT2D eigenvalue weighted by molar-refractivity contribution is 5.75. The molecule has 17 heavy (non-hydrogen) atoms. The van der Waals surface area contributed by atoms with E-state index in [2.05, 4.69) is 12.0 Å². The van der Waals surface area contributed by atoms with Crippen molar-refractivity contribution >= 4 is 11.6 Å². The third-order valence-electron chi connectivity index (χ3n) is 3.00. The predicted molar refractivity (Wildman–Crippen MR) is 68.7 cm³/mol. The summed E-state index contributed by atoms with van der Waals surface area (Å²) < 4.78 is 1.68. The standard InChI is InChI=1S/C12H22N4O/c1-5-6-7-15(4)11(17)8-16-10(3)12(13)9(2)14-16/h5-8,13H2,1-4H3. The number of nitrogens with zero attached hydrogens (tertiary/aromatic N) is 3. The highest BCUT2D eigenvalue weighted by atomic mass is 16.2. The van der Waals surface area contributed by atoms with E-state index in [4.69, 9.17) is 5.73 Å². The second-order valence-corrected chi connectivity index (χ2v) is 4.41. The molecule has 1 amide bonds. The molecule has 1 rings (SSSR count). The molecule has 0 spiro atoms. The van der Waals surface area contributed by atoms with Crippen molar-refractivity contribution in [1.29, 1.82) is 0 Å². The molecular formula is C12H22N4O. The first kappa shape index (κ1) is 13.5. The Kier molecular flexibility index (Phi) is 4.54. The number of carbonyl (C=O) groups is 1. The molecule has 1 heterocycles. The van der Waals surface area contributed by atoms with Crippen molar-refractivity contribution in [2.45, 2.75) is 40.2 Å². The van der Waals surface area contributed by atoms with Crippen molar-refractivity contribution in [3.8, 4) is 0 Å². The van der Waals surface area contributed by atoms with Crippen LogP contribution < -0.4 is 5.73 Å². The van der Waals surface area contributed by atoms with Crippen LogP contribution in [-0.4, -0.2) is 34.2 Å². The molecule has 5 heteroatoms. The fourth-order valence-electron chi connectivity index (χ4n) is 1.63. The van der Waals surface area contributed by atoms with Crippen LogP contribution in [-0.2, 0) is 11.3 Å². The van der Waals surface area contributed by atoms with Crippen LogP contribution in [0, 0.1) is 13.8 Å². The van der Waals surface area contributed by atoms with Crippen LogP contribution in [0.5, 0.6) is 0 Å². The number of aromatic nitrogens is 2. The molecular weight excluding hydrogens is 216 g/mol. The van der Waals surface area contributed by atoms with Crippen molar-refractivity contribution in [1.82, 2.24) is 14.7 Å². The highest BCUT2D eigenvalue weighted by Gasteiger charge is 2.13. The fraction of sp³-hybridized carbons (Fsp3) is 0.667. The molecule has 0 fully saturated rings. The molecule has 96 valence electrons. The predicted octanol–water partition coefficient (Wildman–Crippen LogP) is 1.34. The van der Waals surface area contributed by atoms with E-state index in [0.717, 1.165) is 30.8 Å². The molecule has 0 saturated heterocycles. The van der Waals surface area contributed by atoms with Crippen molar-refractivity contribution in [2.75, 3.05) is 19.3 Å². The van der Waals surface area contributed by atoms with Crippen LogP contribution in [0.15, 0.2) is 0 Å².